The lowest BCUT2D eigenvalue weighted by atomic mass is 10.0. The molecule has 1 N–H and O–H groups in total. The van der Waals surface area contributed by atoms with Crippen molar-refractivity contribution < 1.29 is 4.74 Å². The zero-order chi connectivity index (χ0) is 15.1. The third-order valence-electron chi connectivity index (χ3n) is 3.52. The molecule has 0 aliphatic heterocycles. The van der Waals surface area contributed by atoms with E-state index in [0.717, 1.165) is 18.8 Å². The van der Waals surface area contributed by atoms with Gasteiger partial charge in [0.1, 0.15) is 12.4 Å². The lowest BCUT2D eigenvalue weighted by Gasteiger charge is -2.10. The fourth-order valence-electron chi connectivity index (χ4n) is 2.21. The van der Waals surface area contributed by atoms with Crippen molar-refractivity contribution in [2.75, 3.05) is 6.54 Å². The maximum atomic E-state index is 5.87. The molecule has 0 aromatic heterocycles. The molecule has 0 aliphatic rings. The van der Waals surface area contributed by atoms with Crippen LogP contribution in [0, 0.1) is 0 Å². The number of nitrogens with one attached hydrogen (secondary N) is 1. The predicted octanol–water partition coefficient (Wildman–Crippen LogP) is 4.50. The normalized spacial score (nSPS) is 10.9. The van der Waals surface area contributed by atoms with Gasteiger partial charge in [-0.2, -0.15) is 0 Å². The number of benzene rings is 2. The zero-order valence-corrected chi connectivity index (χ0v) is 13.2. The van der Waals surface area contributed by atoms with E-state index in [2.05, 4.69) is 74.6 Å². The zero-order valence-electron chi connectivity index (χ0n) is 13.2. The van der Waals surface area contributed by atoms with Crippen LogP contribution in [0.4, 0.5) is 0 Å². The van der Waals surface area contributed by atoms with Crippen molar-refractivity contribution >= 4 is 0 Å². The van der Waals surface area contributed by atoms with Gasteiger partial charge in [0.2, 0.25) is 0 Å². The highest BCUT2D eigenvalue weighted by molar-refractivity contribution is 5.29. The molecule has 0 heterocycles. The van der Waals surface area contributed by atoms with Gasteiger partial charge in [-0.25, -0.2) is 0 Å². The van der Waals surface area contributed by atoms with Crippen molar-refractivity contribution in [1.82, 2.24) is 5.32 Å². The Kier molecular flexibility index (Phi) is 5.82. The summed E-state index contributed by atoms with van der Waals surface area (Å²) in [5.74, 6) is 1.48. The summed E-state index contributed by atoms with van der Waals surface area (Å²) in [7, 11) is 0. The van der Waals surface area contributed by atoms with E-state index in [1.165, 1.54) is 16.7 Å². The van der Waals surface area contributed by atoms with Crippen molar-refractivity contribution in [1.29, 1.82) is 0 Å². The van der Waals surface area contributed by atoms with Gasteiger partial charge in [-0.1, -0.05) is 57.2 Å². The molecule has 0 fully saturated rings. The number of rotatable bonds is 7. The molecule has 2 aromatic carbocycles. The van der Waals surface area contributed by atoms with Crippen LogP contribution in [0.2, 0.25) is 0 Å². The van der Waals surface area contributed by atoms with Gasteiger partial charge in [0, 0.05) is 6.54 Å². The third kappa shape index (κ3) is 4.91. The third-order valence-corrected chi connectivity index (χ3v) is 3.52. The first-order chi connectivity index (χ1) is 10.2. The first-order valence-electron chi connectivity index (χ1n) is 7.70. The molecule has 0 radical (unpaired) electrons. The summed E-state index contributed by atoms with van der Waals surface area (Å²) in [6, 6.07) is 16.9. The molecule has 0 unspecified atom stereocenters. The molecule has 2 rings (SSSR count). The Morgan fingerprint density at radius 1 is 1.00 bits per heavy atom. The summed E-state index contributed by atoms with van der Waals surface area (Å²) in [5.41, 5.74) is 3.85. The average Bonchev–Trinajstić information content (AvgIpc) is 2.52. The van der Waals surface area contributed by atoms with Crippen molar-refractivity contribution in [3.8, 4) is 5.75 Å². The summed E-state index contributed by atoms with van der Waals surface area (Å²) < 4.78 is 5.87. The molecule has 21 heavy (non-hydrogen) atoms. The Morgan fingerprint density at radius 2 is 1.71 bits per heavy atom. The smallest absolute Gasteiger partial charge is 0.119 e. The number of ether oxygens (including phenoxy) is 1. The fourth-order valence-corrected chi connectivity index (χ4v) is 2.21. The van der Waals surface area contributed by atoms with E-state index in [4.69, 9.17) is 4.74 Å². The molecule has 0 atom stereocenters. The Balaban J connectivity index is 1.93. The van der Waals surface area contributed by atoms with Gasteiger partial charge in [0.05, 0.1) is 0 Å². The van der Waals surface area contributed by atoms with Gasteiger partial charge in [-0.05, 0) is 41.3 Å². The summed E-state index contributed by atoms with van der Waals surface area (Å²) in [5, 5.41) is 3.34. The highest BCUT2D eigenvalue weighted by Crippen LogP contribution is 2.19. The molecular formula is C19H25NO. The molecule has 0 bridgehead atoms. The SMILES string of the molecule is CCNCc1cccc(COc2ccc(C(C)C)cc2)c1. The minimum atomic E-state index is 0.557. The van der Waals surface area contributed by atoms with E-state index in [0.29, 0.717) is 12.5 Å². The molecule has 0 aliphatic carbocycles. The standard InChI is InChI=1S/C19H25NO/c1-4-20-13-16-6-5-7-17(12-16)14-21-19-10-8-18(9-11-19)15(2)3/h5-12,15,20H,4,13-14H2,1-3H3. The summed E-state index contributed by atoms with van der Waals surface area (Å²) in [4.78, 5) is 0. The number of hydrogen-bond acceptors (Lipinski definition) is 2. The lowest BCUT2D eigenvalue weighted by molar-refractivity contribution is 0.306. The second-order valence-electron chi connectivity index (χ2n) is 5.61. The second-order valence-corrected chi connectivity index (χ2v) is 5.61. The molecule has 112 valence electrons. The van der Waals surface area contributed by atoms with E-state index >= 15 is 0 Å². The van der Waals surface area contributed by atoms with Gasteiger partial charge in [0.15, 0.2) is 0 Å². The van der Waals surface area contributed by atoms with Crippen LogP contribution in [-0.4, -0.2) is 6.54 Å². The Labute approximate surface area is 128 Å². The van der Waals surface area contributed by atoms with E-state index in [1.807, 2.05) is 0 Å². The molecule has 0 saturated carbocycles. The molecule has 0 amide bonds. The van der Waals surface area contributed by atoms with Crippen LogP contribution >= 0.6 is 0 Å². The van der Waals surface area contributed by atoms with E-state index in [-0.39, 0.29) is 0 Å². The summed E-state index contributed by atoms with van der Waals surface area (Å²) >= 11 is 0. The summed E-state index contributed by atoms with van der Waals surface area (Å²) in [6.07, 6.45) is 0. The molecular weight excluding hydrogens is 258 g/mol. The molecule has 0 saturated heterocycles. The molecule has 2 heteroatoms. The minimum Gasteiger partial charge on any atom is -0.489 e. The van der Waals surface area contributed by atoms with Gasteiger partial charge in [-0.3, -0.25) is 0 Å². The predicted molar refractivity (Wildman–Crippen MR) is 88.7 cm³/mol. The second kappa shape index (κ2) is 7.84. The maximum absolute atomic E-state index is 5.87. The monoisotopic (exact) mass is 283 g/mol. The Morgan fingerprint density at radius 3 is 2.38 bits per heavy atom. The topological polar surface area (TPSA) is 21.3 Å². The Hall–Kier alpha value is -1.80. The van der Waals surface area contributed by atoms with E-state index < -0.39 is 0 Å². The van der Waals surface area contributed by atoms with Gasteiger partial charge in [0.25, 0.3) is 0 Å². The van der Waals surface area contributed by atoms with Crippen LogP contribution in [0.3, 0.4) is 0 Å². The fraction of sp³-hybridized carbons (Fsp3) is 0.368. The van der Waals surface area contributed by atoms with E-state index in [1.54, 1.807) is 0 Å². The van der Waals surface area contributed by atoms with Crippen LogP contribution in [0.25, 0.3) is 0 Å². The van der Waals surface area contributed by atoms with Crippen LogP contribution in [0.5, 0.6) is 5.75 Å². The highest BCUT2D eigenvalue weighted by atomic mass is 16.5. The van der Waals surface area contributed by atoms with E-state index in [9.17, 15) is 0 Å². The van der Waals surface area contributed by atoms with Crippen molar-refractivity contribution in [2.24, 2.45) is 0 Å². The molecule has 0 spiro atoms. The number of hydrogen-bond donors (Lipinski definition) is 1. The quantitative estimate of drug-likeness (QED) is 0.808. The highest BCUT2D eigenvalue weighted by Gasteiger charge is 2.01. The first-order valence-corrected chi connectivity index (χ1v) is 7.70. The molecule has 2 nitrogen and oxygen atoms in total. The first kappa shape index (κ1) is 15.6. The van der Waals surface area contributed by atoms with Crippen molar-refractivity contribution in [3.63, 3.8) is 0 Å². The van der Waals surface area contributed by atoms with Crippen LogP contribution in [0.1, 0.15) is 43.4 Å². The largest absolute Gasteiger partial charge is 0.489 e. The Bertz CT molecular complexity index is 546. The van der Waals surface area contributed by atoms with Crippen LogP contribution in [0.15, 0.2) is 48.5 Å². The van der Waals surface area contributed by atoms with Gasteiger partial charge in [-0.15, -0.1) is 0 Å². The van der Waals surface area contributed by atoms with Crippen LogP contribution in [-0.2, 0) is 13.2 Å². The maximum Gasteiger partial charge on any atom is 0.119 e. The van der Waals surface area contributed by atoms with Crippen molar-refractivity contribution in [2.45, 2.75) is 39.8 Å². The van der Waals surface area contributed by atoms with Gasteiger partial charge < -0.3 is 10.1 Å². The van der Waals surface area contributed by atoms with Gasteiger partial charge >= 0.3 is 0 Å². The summed E-state index contributed by atoms with van der Waals surface area (Å²) in [6.45, 7) is 9.03. The van der Waals surface area contributed by atoms with Crippen LogP contribution < -0.4 is 10.1 Å². The lowest BCUT2D eigenvalue weighted by Crippen LogP contribution is -2.11. The van der Waals surface area contributed by atoms with Crippen molar-refractivity contribution in [3.05, 3.63) is 65.2 Å². The average molecular weight is 283 g/mol. The minimum absolute atomic E-state index is 0.557. The molecule has 2 aromatic rings.